The molecule has 1 heterocycles. The number of rotatable bonds is 3. The maximum absolute atomic E-state index is 12.9. The number of nitrogens with zero attached hydrogens (tertiary/aromatic N) is 2. The molecule has 0 bridgehead atoms. The van der Waals surface area contributed by atoms with Crippen LogP contribution in [0.15, 0.2) is 30.7 Å². The predicted molar refractivity (Wildman–Crippen MR) is 69.7 cm³/mol. The molecule has 0 atom stereocenters. The topological polar surface area (TPSA) is 29.9 Å². The minimum Gasteiger partial charge on any atom is -0.379 e. The van der Waals surface area contributed by atoms with Crippen LogP contribution in [0.5, 0.6) is 0 Å². The van der Waals surface area contributed by atoms with Gasteiger partial charge in [0, 0.05) is 22.5 Å². The van der Waals surface area contributed by atoms with Gasteiger partial charge in [0.15, 0.2) is 0 Å². The molecule has 1 aromatic carbocycles. The number of aromatic nitrogens is 2. The summed E-state index contributed by atoms with van der Waals surface area (Å²) >= 11 is 2.11. The summed E-state index contributed by atoms with van der Waals surface area (Å²) < 4.78 is 15.7. The highest BCUT2D eigenvalue weighted by molar-refractivity contribution is 14.1. The average Bonchev–Trinajstić information content (AvgIpc) is 2.63. The number of anilines is 1. The Morgan fingerprint density at radius 3 is 2.94 bits per heavy atom. The summed E-state index contributed by atoms with van der Waals surface area (Å²) in [5.41, 5.74) is 2.02. The molecule has 0 fully saturated rings. The lowest BCUT2D eigenvalue weighted by atomic mass is 10.3. The lowest BCUT2D eigenvalue weighted by Gasteiger charge is -2.08. The van der Waals surface area contributed by atoms with E-state index in [0.717, 1.165) is 15.0 Å². The standard InChI is InChI=1S/C11H11FIN3/c1-16-7-14-5-9(16)6-15-11-3-2-8(12)4-10(11)13/h2-5,7,15H,6H2,1H3. The van der Waals surface area contributed by atoms with E-state index in [0.29, 0.717) is 6.54 Å². The second-order valence-corrected chi connectivity index (χ2v) is 4.64. The van der Waals surface area contributed by atoms with Gasteiger partial charge in [-0.25, -0.2) is 9.37 Å². The van der Waals surface area contributed by atoms with E-state index in [9.17, 15) is 4.39 Å². The third kappa shape index (κ3) is 2.52. The molecule has 5 heteroatoms. The number of imidazole rings is 1. The van der Waals surface area contributed by atoms with Crippen molar-refractivity contribution in [1.29, 1.82) is 0 Å². The fraction of sp³-hybridized carbons (Fsp3) is 0.182. The third-order valence-electron chi connectivity index (χ3n) is 2.31. The number of hydrogen-bond acceptors (Lipinski definition) is 2. The molecule has 0 unspecified atom stereocenters. The quantitative estimate of drug-likeness (QED) is 0.877. The van der Waals surface area contributed by atoms with E-state index in [1.54, 1.807) is 12.4 Å². The molecule has 84 valence electrons. The molecule has 2 rings (SSSR count). The minimum absolute atomic E-state index is 0.213. The molecule has 0 spiro atoms. The van der Waals surface area contributed by atoms with Gasteiger partial charge >= 0.3 is 0 Å². The highest BCUT2D eigenvalue weighted by Crippen LogP contribution is 2.19. The van der Waals surface area contributed by atoms with Gasteiger partial charge in [-0.2, -0.15) is 0 Å². The molecule has 3 nitrogen and oxygen atoms in total. The van der Waals surface area contributed by atoms with Gasteiger partial charge in [0.25, 0.3) is 0 Å². The summed E-state index contributed by atoms with van der Waals surface area (Å²) in [6.07, 6.45) is 3.57. The fourth-order valence-electron chi connectivity index (χ4n) is 1.37. The Balaban J connectivity index is 2.08. The first-order valence-corrected chi connectivity index (χ1v) is 5.89. The molecular formula is C11H11FIN3. The number of aryl methyl sites for hydroxylation is 1. The first-order chi connectivity index (χ1) is 7.66. The second kappa shape index (κ2) is 4.82. The van der Waals surface area contributed by atoms with E-state index in [1.807, 2.05) is 17.8 Å². The molecular weight excluding hydrogens is 320 g/mol. The number of benzene rings is 1. The van der Waals surface area contributed by atoms with Gasteiger partial charge in [0.1, 0.15) is 5.82 Å². The highest BCUT2D eigenvalue weighted by Gasteiger charge is 2.02. The highest BCUT2D eigenvalue weighted by atomic mass is 127. The summed E-state index contributed by atoms with van der Waals surface area (Å²) in [7, 11) is 1.94. The van der Waals surface area contributed by atoms with Crippen LogP contribution in [-0.4, -0.2) is 9.55 Å². The largest absolute Gasteiger partial charge is 0.379 e. The Bertz CT molecular complexity index is 496. The molecule has 0 aliphatic carbocycles. The van der Waals surface area contributed by atoms with E-state index in [2.05, 4.69) is 32.9 Å². The SMILES string of the molecule is Cn1cncc1CNc1ccc(F)cc1I. The minimum atomic E-state index is -0.213. The van der Waals surface area contributed by atoms with Crippen LogP contribution in [0.2, 0.25) is 0 Å². The van der Waals surface area contributed by atoms with Gasteiger partial charge in [0.05, 0.1) is 18.6 Å². The zero-order valence-electron chi connectivity index (χ0n) is 8.74. The van der Waals surface area contributed by atoms with Crippen LogP contribution in [-0.2, 0) is 13.6 Å². The zero-order valence-corrected chi connectivity index (χ0v) is 10.9. The molecule has 0 radical (unpaired) electrons. The molecule has 0 saturated heterocycles. The molecule has 16 heavy (non-hydrogen) atoms. The van der Waals surface area contributed by atoms with Crippen molar-refractivity contribution in [2.75, 3.05) is 5.32 Å². The smallest absolute Gasteiger partial charge is 0.124 e. The van der Waals surface area contributed by atoms with E-state index in [1.165, 1.54) is 12.1 Å². The van der Waals surface area contributed by atoms with E-state index in [-0.39, 0.29) is 5.82 Å². The predicted octanol–water partition coefficient (Wildman–Crippen LogP) is 2.78. The van der Waals surface area contributed by atoms with Crippen LogP contribution in [0.3, 0.4) is 0 Å². The summed E-state index contributed by atoms with van der Waals surface area (Å²) in [6, 6.07) is 4.70. The van der Waals surface area contributed by atoms with Crippen molar-refractivity contribution >= 4 is 28.3 Å². The Morgan fingerprint density at radius 2 is 2.31 bits per heavy atom. The Morgan fingerprint density at radius 1 is 1.50 bits per heavy atom. The molecule has 0 saturated carbocycles. The van der Waals surface area contributed by atoms with Crippen molar-refractivity contribution in [1.82, 2.24) is 9.55 Å². The Kier molecular flexibility index (Phi) is 3.42. The number of hydrogen-bond donors (Lipinski definition) is 1. The Labute approximate surface area is 107 Å². The van der Waals surface area contributed by atoms with Crippen molar-refractivity contribution in [2.24, 2.45) is 7.05 Å². The van der Waals surface area contributed by atoms with Gasteiger partial charge in [0.2, 0.25) is 0 Å². The summed E-state index contributed by atoms with van der Waals surface area (Å²) in [5.74, 6) is -0.213. The molecule has 1 N–H and O–H groups in total. The van der Waals surface area contributed by atoms with Crippen molar-refractivity contribution in [2.45, 2.75) is 6.54 Å². The normalized spacial score (nSPS) is 10.4. The van der Waals surface area contributed by atoms with Crippen molar-refractivity contribution < 1.29 is 4.39 Å². The molecule has 1 aromatic heterocycles. The maximum Gasteiger partial charge on any atom is 0.124 e. The zero-order chi connectivity index (χ0) is 11.5. The van der Waals surface area contributed by atoms with Crippen LogP contribution in [0, 0.1) is 9.39 Å². The number of nitrogens with one attached hydrogen (secondary N) is 1. The first-order valence-electron chi connectivity index (χ1n) is 4.81. The monoisotopic (exact) mass is 331 g/mol. The lowest BCUT2D eigenvalue weighted by Crippen LogP contribution is -2.05. The van der Waals surface area contributed by atoms with E-state index < -0.39 is 0 Å². The molecule has 0 aliphatic heterocycles. The van der Waals surface area contributed by atoms with Gasteiger partial charge in [-0.15, -0.1) is 0 Å². The summed E-state index contributed by atoms with van der Waals surface area (Å²) in [4.78, 5) is 4.03. The van der Waals surface area contributed by atoms with Crippen LogP contribution in [0.4, 0.5) is 10.1 Å². The number of halogens is 2. The fourth-order valence-corrected chi connectivity index (χ4v) is 2.04. The second-order valence-electron chi connectivity index (χ2n) is 3.47. The summed E-state index contributed by atoms with van der Waals surface area (Å²) in [6.45, 7) is 0.679. The van der Waals surface area contributed by atoms with Crippen molar-refractivity contribution in [3.8, 4) is 0 Å². The van der Waals surface area contributed by atoms with Crippen molar-refractivity contribution in [3.05, 3.63) is 45.8 Å². The molecule has 0 amide bonds. The van der Waals surface area contributed by atoms with Gasteiger partial charge in [-0.05, 0) is 40.8 Å². The average molecular weight is 331 g/mol. The summed E-state index contributed by atoms with van der Waals surface area (Å²) in [5, 5.41) is 3.25. The maximum atomic E-state index is 12.9. The van der Waals surface area contributed by atoms with E-state index >= 15 is 0 Å². The van der Waals surface area contributed by atoms with Crippen LogP contribution in [0.1, 0.15) is 5.69 Å². The lowest BCUT2D eigenvalue weighted by molar-refractivity contribution is 0.627. The van der Waals surface area contributed by atoms with E-state index in [4.69, 9.17) is 0 Å². The van der Waals surface area contributed by atoms with Gasteiger partial charge in [-0.1, -0.05) is 0 Å². The first kappa shape index (κ1) is 11.4. The van der Waals surface area contributed by atoms with Crippen molar-refractivity contribution in [3.63, 3.8) is 0 Å². The third-order valence-corrected chi connectivity index (χ3v) is 3.20. The van der Waals surface area contributed by atoms with Crippen LogP contribution >= 0.6 is 22.6 Å². The van der Waals surface area contributed by atoms with Crippen LogP contribution < -0.4 is 5.32 Å². The van der Waals surface area contributed by atoms with Gasteiger partial charge < -0.3 is 9.88 Å². The van der Waals surface area contributed by atoms with Gasteiger partial charge in [-0.3, -0.25) is 0 Å². The molecule has 0 aliphatic rings. The Hall–Kier alpha value is -1.11. The van der Waals surface area contributed by atoms with Crippen LogP contribution in [0.25, 0.3) is 0 Å². The molecule has 2 aromatic rings.